The van der Waals surface area contributed by atoms with Gasteiger partial charge in [-0.1, -0.05) is 17.7 Å². The molecule has 1 aliphatic heterocycles. The van der Waals surface area contributed by atoms with Crippen LogP contribution < -0.4 is 20.3 Å². The number of carbonyl (C=O) groups excluding carboxylic acids is 2. The summed E-state index contributed by atoms with van der Waals surface area (Å²) in [5.41, 5.74) is 2.83. The number of rotatable bonds is 6. The highest BCUT2D eigenvalue weighted by molar-refractivity contribution is 7.89. The van der Waals surface area contributed by atoms with Crippen molar-refractivity contribution in [3.8, 4) is 5.75 Å². The van der Waals surface area contributed by atoms with E-state index in [0.717, 1.165) is 15.6 Å². The van der Waals surface area contributed by atoms with Crippen LogP contribution in [0.4, 0.5) is 17.1 Å². The zero-order valence-corrected chi connectivity index (χ0v) is 19.1. The van der Waals surface area contributed by atoms with Crippen LogP contribution in [0.5, 0.6) is 5.75 Å². The number of carbonyl (C=O) groups is 2. The highest BCUT2D eigenvalue weighted by Gasteiger charge is 2.29. The van der Waals surface area contributed by atoms with E-state index in [1.807, 2.05) is 38.1 Å². The van der Waals surface area contributed by atoms with Crippen molar-refractivity contribution in [2.75, 3.05) is 49.8 Å². The van der Waals surface area contributed by atoms with E-state index in [1.54, 1.807) is 6.07 Å². The van der Waals surface area contributed by atoms with Crippen molar-refractivity contribution < 1.29 is 22.7 Å². The minimum atomic E-state index is -4.09. The van der Waals surface area contributed by atoms with Gasteiger partial charge >= 0.3 is 0 Å². The number of nitrogens with one attached hydrogen (secondary N) is 2. The number of hydrogen-bond donors (Lipinski definition) is 2. The van der Waals surface area contributed by atoms with Crippen LogP contribution in [0.25, 0.3) is 0 Å². The Morgan fingerprint density at radius 1 is 1.23 bits per heavy atom. The summed E-state index contributed by atoms with van der Waals surface area (Å²) < 4.78 is 32.2. The molecule has 3 rings (SSSR count). The van der Waals surface area contributed by atoms with Gasteiger partial charge < -0.3 is 20.3 Å². The van der Waals surface area contributed by atoms with Gasteiger partial charge in [0.2, 0.25) is 15.9 Å². The van der Waals surface area contributed by atoms with E-state index in [-0.39, 0.29) is 33.9 Å². The number of anilines is 3. The number of sulfonamides is 1. The molecule has 9 nitrogen and oxygen atoms in total. The van der Waals surface area contributed by atoms with Gasteiger partial charge in [0.15, 0.2) is 6.61 Å². The maximum absolute atomic E-state index is 13.0. The smallest absolute Gasteiger partial charge is 0.262 e. The number of halogens is 1. The van der Waals surface area contributed by atoms with E-state index in [9.17, 15) is 18.0 Å². The summed E-state index contributed by atoms with van der Waals surface area (Å²) in [4.78, 5) is 25.6. The molecule has 2 N–H and O–H groups in total. The molecular formula is C20H23ClN4O5S. The van der Waals surface area contributed by atoms with Crippen molar-refractivity contribution >= 4 is 50.5 Å². The van der Waals surface area contributed by atoms with Gasteiger partial charge in [-0.05, 0) is 30.7 Å². The third-order valence-corrected chi connectivity index (χ3v) is 6.96. The lowest BCUT2D eigenvalue weighted by Crippen LogP contribution is -2.35. The molecule has 166 valence electrons. The summed E-state index contributed by atoms with van der Waals surface area (Å²) in [6, 6.07) is 7.99. The monoisotopic (exact) mass is 466 g/mol. The first-order valence-corrected chi connectivity index (χ1v) is 11.1. The van der Waals surface area contributed by atoms with Gasteiger partial charge in [-0.2, -0.15) is 4.31 Å². The molecule has 0 radical (unpaired) electrons. The average Bonchev–Trinajstić information content (AvgIpc) is 2.68. The van der Waals surface area contributed by atoms with E-state index in [2.05, 4.69) is 10.6 Å². The number of fused-ring (bicyclic) bond motifs is 1. The molecule has 2 amide bonds. The normalized spacial score (nSPS) is 13.3. The zero-order valence-electron chi connectivity index (χ0n) is 17.5. The Morgan fingerprint density at radius 2 is 1.94 bits per heavy atom. The lowest BCUT2D eigenvalue weighted by molar-refractivity contribution is -0.118. The van der Waals surface area contributed by atoms with E-state index >= 15 is 0 Å². The summed E-state index contributed by atoms with van der Waals surface area (Å²) in [6.07, 6.45) is 0. The molecule has 0 saturated carbocycles. The Balaban J connectivity index is 1.77. The SMILES string of the molecule is Cc1ccc(NC(=O)CN(C)S(=O)(=O)c2cc3c(cc2Cl)NC(=O)CO3)cc1N(C)C. The van der Waals surface area contributed by atoms with Crippen molar-refractivity contribution in [2.45, 2.75) is 11.8 Å². The predicted octanol–water partition coefficient (Wildman–Crippen LogP) is 2.30. The van der Waals surface area contributed by atoms with Crippen LogP contribution in [-0.4, -0.2) is 58.8 Å². The maximum Gasteiger partial charge on any atom is 0.262 e. The Kier molecular flexibility index (Phi) is 6.44. The first-order chi connectivity index (χ1) is 14.5. The Hall–Kier alpha value is -2.82. The van der Waals surface area contributed by atoms with Crippen LogP contribution in [0.3, 0.4) is 0 Å². The first kappa shape index (κ1) is 22.9. The molecule has 2 aromatic rings. The number of benzene rings is 2. The molecule has 0 atom stereocenters. The Bertz CT molecular complexity index is 1150. The van der Waals surface area contributed by atoms with Crippen LogP contribution in [-0.2, 0) is 19.6 Å². The number of hydrogen-bond acceptors (Lipinski definition) is 6. The molecule has 0 aliphatic carbocycles. The van der Waals surface area contributed by atoms with E-state index in [1.165, 1.54) is 19.2 Å². The van der Waals surface area contributed by atoms with Crippen LogP contribution >= 0.6 is 11.6 Å². The maximum atomic E-state index is 13.0. The minimum Gasteiger partial charge on any atom is -0.482 e. The van der Waals surface area contributed by atoms with E-state index < -0.39 is 22.5 Å². The molecular weight excluding hydrogens is 444 g/mol. The van der Waals surface area contributed by atoms with Crippen LogP contribution in [0, 0.1) is 6.92 Å². The van der Waals surface area contributed by atoms with Gasteiger partial charge in [-0.3, -0.25) is 9.59 Å². The van der Waals surface area contributed by atoms with Gasteiger partial charge in [0.25, 0.3) is 5.91 Å². The molecule has 31 heavy (non-hydrogen) atoms. The topological polar surface area (TPSA) is 108 Å². The number of nitrogens with zero attached hydrogens (tertiary/aromatic N) is 2. The van der Waals surface area contributed by atoms with Crippen molar-refractivity contribution in [2.24, 2.45) is 0 Å². The second-order valence-corrected chi connectivity index (χ2v) is 9.74. The highest BCUT2D eigenvalue weighted by Crippen LogP contribution is 2.36. The second-order valence-electron chi connectivity index (χ2n) is 7.32. The summed E-state index contributed by atoms with van der Waals surface area (Å²) >= 11 is 6.15. The van der Waals surface area contributed by atoms with Gasteiger partial charge in [0, 0.05) is 38.6 Å². The lowest BCUT2D eigenvalue weighted by atomic mass is 10.1. The van der Waals surface area contributed by atoms with E-state index in [0.29, 0.717) is 5.69 Å². The minimum absolute atomic E-state index is 0.0917. The first-order valence-electron chi connectivity index (χ1n) is 9.29. The molecule has 0 saturated heterocycles. The molecule has 0 fully saturated rings. The largest absolute Gasteiger partial charge is 0.482 e. The molecule has 0 unspecified atom stereocenters. The standard InChI is InChI=1S/C20H23ClN4O5S/c1-12-5-6-13(7-16(12)24(2)3)22-19(26)10-25(4)31(28,29)18-9-17-15(8-14(18)21)23-20(27)11-30-17/h5-9H,10-11H2,1-4H3,(H,22,26)(H,23,27). The number of aryl methyl sites for hydroxylation is 1. The van der Waals surface area contributed by atoms with Crippen LogP contribution in [0.15, 0.2) is 35.2 Å². The summed E-state index contributed by atoms with van der Waals surface area (Å²) in [5.74, 6) is -0.671. The predicted molar refractivity (Wildman–Crippen MR) is 120 cm³/mol. The van der Waals surface area contributed by atoms with Gasteiger partial charge in [0.05, 0.1) is 17.3 Å². The zero-order chi connectivity index (χ0) is 22.9. The lowest BCUT2D eigenvalue weighted by Gasteiger charge is -2.22. The summed E-state index contributed by atoms with van der Waals surface area (Å²) in [7, 11) is 0.982. The van der Waals surface area contributed by atoms with Gasteiger partial charge in [-0.25, -0.2) is 8.42 Å². The Morgan fingerprint density at radius 3 is 2.61 bits per heavy atom. The van der Waals surface area contributed by atoms with Crippen molar-refractivity contribution in [3.63, 3.8) is 0 Å². The fourth-order valence-electron chi connectivity index (χ4n) is 3.10. The molecule has 2 aromatic carbocycles. The third-order valence-electron chi connectivity index (χ3n) is 4.70. The highest BCUT2D eigenvalue weighted by atomic mass is 35.5. The molecule has 1 aliphatic rings. The van der Waals surface area contributed by atoms with Crippen molar-refractivity contribution in [3.05, 3.63) is 40.9 Å². The van der Waals surface area contributed by atoms with Crippen molar-refractivity contribution in [1.29, 1.82) is 0 Å². The Labute approximate surface area is 186 Å². The van der Waals surface area contributed by atoms with Gasteiger partial charge in [0.1, 0.15) is 10.6 Å². The van der Waals surface area contributed by atoms with Gasteiger partial charge in [-0.15, -0.1) is 0 Å². The quantitative estimate of drug-likeness (QED) is 0.676. The molecule has 0 spiro atoms. The fraction of sp³-hybridized carbons (Fsp3) is 0.300. The summed E-state index contributed by atoms with van der Waals surface area (Å²) in [5, 5.41) is 5.18. The third kappa shape index (κ3) is 4.92. The number of ether oxygens (including phenoxy) is 1. The summed E-state index contributed by atoms with van der Waals surface area (Å²) in [6.45, 7) is 1.31. The molecule has 0 aromatic heterocycles. The average molecular weight is 467 g/mol. The molecule has 1 heterocycles. The van der Waals surface area contributed by atoms with Crippen LogP contribution in [0.2, 0.25) is 5.02 Å². The number of likely N-dealkylation sites (N-methyl/N-ethyl adjacent to an activating group) is 1. The number of amides is 2. The van der Waals surface area contributed by atoms with E-state index in [4.69, 9.17) is 16.3 Å². The molecule has 11 heteroatoms. The fourth-order valence-corrected chi connectivity index (χ4v) is 4.74. The second kappa shape index (κ2) is 8.74. The molecule has 0 bridgehead atoms. The van der Waals surface area contributed by atoms with Crippen molar-refractivity contribution in [1.82, 2.24) is 4.31 Å². The van der Waals surface area contributed by atoms with Crippen LogP contribution in [0.1, 0.15) is 5.56 Å².